The van der Waals surface area contributed by atoms with E-state index in [-0.39, 0.29) is 17.9 Å². The fraction of sp³-hybridized carbons (Fsp3) is 0.417. The fourth-order valence-electron chi connectivity index (χ4n) is 4.05. The maximum atomic E-state index is 12.7. The van der Waals surface area contributed by atoms with Gasteiger partial charge in [0.25, 0.3) is 11.8 Å². The first kappa shape index (κ1) is 20.6. The predicted octanol–water partition coefficient (Wildman–Crippen LogP) is 3.44. The number of amides is 2. The number of ether oxygens (including phenoxy) is 1. The van der Waals surface area contributed by atoms with Gasteiger partial charge in [0, 0.05) is 25.3 Å². The number of nitrogens with one attached hydrogen (secondary N) is 2. The molecule has 2 saturated heterocycles. The molecule has 2 N–H and O–H groups in total. The van der Waals surface area contributed by atoms with Crippen molar-refractivity contribution in [1.82, 2.24) is 10.2 Å². The molecule has 2 fully saturated rings. The van der Waals surface area contributed by atoms with Crippen LogP contribution in [0.1, 0.15) is 52.0 Å². The van der Waals surface area contributed by atoms with Gasteiger partial charge in [0.15, 0.2) is 0 Å². The van der Waals surface area contributed by atoms with Crippen LogP contribution >= 0.6 is 0 Å². The highest BCUT2D eigenvalue weighted by Gasteiger charge is 2.19. The Labute approximate surface area is 177 Å². The highest BCUT2D eigenvalue weighted by molar-refractivity contribution is 6.09. The second kappa shape index (κ2) is 9.87. The molecule has 2 aliphatic rings. The third kappa shape index (κ3) is 5.26. The van der Waals surface area contributed by atoms with E-state index in [1.54, 1.807) is 18.2 Å². The first-order chi connectivity index (χ1) is 14.7. The molecule has 0 radical (unpaired) electrons. The molecule has 0 spiro atoms. The molecule has 4 rings (SSSR count). The minimum Gasteiger partial charge on any atom is -0.376 e. The Hall–Kier alpha value is -2.70. The predicted molar refractivity (Wildman–Crippen MR) is 117 cm³/mol. The van der Waals surface area contributed by atoms with Crippen molar-refractivity contribution in [2.75, 3.05) is 31.6 Å². The zero-order valence-corrected chi connectivity index (χ0v) is 17.2. The first-order valence-electron chi connectivity index (χ1n) is 10.8. The van der Waals surface area contributed by atoms with E-state index in [0.29, 0.717) is 23.4 Å². The molecule has 2 aliphatic heterocycles. The van der Waals surface area contributed by atoms with Gasteiger partial charge in [0.2, 0.25) is 0 Å². The molecule has 2 amide bonds. The van der Waals surface area contributed by atoms with Gasteiger partial charge >= 0.3 is 0 Å². The summed E-state index contributed by atoms with van der Waals surface area (Å²) in [7, 11) is 0. The average Bonchev–Trinajstić information content (AvgIpc) is 3.47. The van der Waals surface area contributed by atoms with Crippen LogP contribution < -0.4 is 10.6 Å². The van der Waals surface area contributed by atoms with E-state index in [1.807, 2.05) is 30.3 Å². The Morgan fingerprint density at radius 3 is 2.47 bits per heavy atom. The Bertz CT molecular complexity index is 870. The highest BCUT2D eigenvalue weighted by atomic mass is 16.5. The summed E-state index contributed by atoms with van der Waals surface area (Å²) in [5.41, 5.74) is 2.75. The van der Waals surface area contributed by atoms with Crippen molar-refractivity contribution in [2.24, 2.45) is 0 Å². The van der Waals surface area contributed by atoms with Crippen molar-refractivity contribution >= 4 is 17.5 Å². The largest absolute Gasteiger partial charge is 0.376 e. The molecule has 6 heteroatoms. The molecule has 1 atom stereocenters. The van der Waals surface area contributed by atoms with E-state index in [2.05, 4.69) is 15.5 Å². The number of nitrogens with zero attached hydrogens (tertiary/aromatic N) is 1. The number of carbonyl (C=O) groups is 2. The van der Waals surface area contributed by atoms with Crippen LogP contribution in [-0.2, 0) is 11.3 Å². The molecule has 0 saturated carbocycles. The molecule has 0 unspecified atom stereocenters. The second-order valence-corrected chi connectivity index (χ2v) is 8.02. The number of para-hydroxylation sites is 1. The molecular formula is C24H29N3O3. The zero-order valence-electron chi connectivity index (χ0n) is 17.2. The SMILES string of the molecule is O=C(Nc1ccccc1C(=O)NC[C@@H]1CCCO1)c1ccc(CN2CCCC2)cc1. The lowest BCUT2D eigenvalue weighted by molar-refractivity contribution is 0.0858. The third-order valence-corrected chi connectivity index (χ3v) is 5.76. The number of carbonyl (C=O) groups excluding carboxylic acids is 2. The minimum absolute atomic E-state index is 0.0785. The summed E-state index contributed by atoms with van der Waals surface area (Å²) in [6, 6.07) is 14.8. The van der Waals surface area contributed by atoms with Crippen molar-refractivity contribution < 1.29 is 14.3 Å². The van der Waals surface area contributed by atoms with Crippen molar-refractivity contribution in [3.63, 3.8) is 0 Å². The average molecular weight is 408 g/mol. The Kier molecular flexibility index (Phi) is 6.77. The molecule has 30 heavy (non-hydrogen) atoms. The van der Waals surface area contributed by atoms with Gasteiger partial charge in [-0.2, -0.15) is 0 Å². The minimum atomic E-state index is -0.220. The van der Waals surface area contributed by atoms with Gasteiger partial charge in [0.05, 0.1) is 17.4 Å². The molecule has 2 aromatic carbocycles. The lowest BCUT2D eigenvalue weighted by Crippen LogP contribution is -2.32. The molecular weight excluding hydrogens is 378 g/mol. The molecule has 158 valence electrons. The smallest absolute Gasteiger partial charge is 0.255 e. The molecule has 6 nitrogen and oxygen atoms in total. The summed E-state index contributed by atoms with van der Waals surface area (Å²) in [4.78, 5) is 27.8. The second-order valence-electron chi connectivity index (χ2n) is 8.02. The summed E-state index contributed by atoms with van der Waals surface area (Å²) >= 11 is 0. The number of rotatable bonds is 7. The van der Waals surface area contributed by atoms with Crippen LogP contribution in [0.25, 0.3) is 0 Å². The van der Waals surface area contributed by atoms with Crippen molar-refractivity contribution in [3.05, 3.63) is 65.2 Å². The number of likely N-dealkylation sites (tertiary alicyclic amines) is 1. The maximum absolute atomic E-state index is 12.7. The van der Waals surface area contributed by atoms with Gasteiger partial charge in [-0.15, -0.1) is 0 Å². The normalized spacial score (nSPS) is 19.0. The number of hydrogen-bond donors (Lipinski definition) is 2. The number of anilines is 1. The standard InChI is InChI=1S/C24H29N3O3/c28-23(19-11-9-18(10-12-19)17-27-13-3-4-14-27)26-22-8-2-1-7-21(22)24(29)25-16-20-6-5-15-30-20/h1-2,7-12,20H,3-6,13-17H2,(H,25,29)(H,26,28)/t20-/m0/s1. The van der Waals surface area contributed by atoms with Crippen LogP contribution in [-0.4, -0.2) is 49.1 Å². The van der Waals surface area contributed by atoms with E-state index in [9.17, 15) is 9.59 Å². The molecule has 0 aliphatic carbocycles. The van der Waals surface area contributed by atoms with E-state index in [4.69, 9.17) is 4.74 Å². The monoisotopic (exact) mass is 407 g/mol. The lowest BCUT2D eigenvalue weighted by atomic mass is 10.1. The van der Waals surface area contributed by atoms with Crippen LogP contribution in [0.2, 0.25) is 0 Å². The van der Waals surface area contributed by atoms with Crippen LogP contribution in [0, 0.1) is 0 Å². The summed E-state index contributed by atoms with van der Waals surface area (Å²) in [6.45, 7) is 4.46. The van der Waals surface area contributed by atoms with Gasteiger partial charge in [0.1, 0.15) is 0 Å². The highest BCUT2D eigenvalue weighted by Crippen LogP contribution is 2.18. The van der Waals surface area contributed by atoms with Crippen molar-refractivity contribution in [3.8, 4) is 0 Å². The Morgan fingerprint density at radius 2 is 1.73 bits per heavy atom. The van der Waals surface area contributed by atoms with Gasteiger partial charge in [-0.05, 0) is 68.6 Å². The van der Waals surface area contributed by atoms with Gasteiger partial charge in [-0.1, -0.05) is 24.3 Å². The number of hydrogen-bond acceptors (Lipinski definition) is 4. The summed E-state index contributed by atoms with van der Waals surface area (Å²) in [5, 5.41) is 5.80. The van der Waals surface area contributed by atoms with E-state index < -0.39 is 0 Å². The van der Waals surface area contributed by atoms with Crippen LogP contribution in [0.3, 0.4) is 0 Å². The fourth-order valence-corrected chi connectivity index (χ4v) is 4.05. The molecule has 0 aromatic heterocycles. The summed E-state index contributed by atoms with van der Waals surface area (Å²) in [5.74, 6) is -0.426. The molecule has 0 bridgehead atoms. The van der Waals surface area contributed by atoms with Gasteiger partial charge in [-0.3, -0.25) is 14.5 Å². The van der Waals surface area contributed by atoms with Crippen LogP contribution in [0.15, 0.2) is 48.5 Å². The van der Waals surface area contributed by atoms with Crippen molar-refractivity contribution in [2.45, 2.75) is 38.3 Å². The Morgan fingerprint density at radius 1 is 0.967 bits per heavy atom. The summed E-state index contributed by atoms with van der Waals surface area (Å²) in [6.07, 6.45) is 4.61. The molecule has 2 heterocycles. The topological polar surface area (TPSA) is 70.7 Å². The van der Waals surface area contributed by atoms with Crippen molar-refractivity contribution in [1.29, 1.82) is 0 Å². The number of benzene rings is 2. The van der Waals surface area contributed by atoms with Gasteiger partial charge in [-0.25, -0.2) is 0 Å². The van der Waals surface area contributed by atoms with E-state index in [1.165, 1.54) is 18.4 Å². The first-order valence-corrected chi connectivity index (χ1v) is 10.8. The maximum Gasteiger partial charge on any atom is 0.255 e. The lowest BCUT2D eigenvalue weighted by Gasteiger charge is -2.15. The quantitative estimate of drug-likeness (QED) is 0.738. The third-order valence-electron chi connectivity index (χ3n) is 5.76. The zero-order chi connectivity index (χ0) is 20.8. The Balaban J connectivity index is 1.37. The van der Waals surface area contributed by atoms with Gasteiger partial charge < -0.3 is 15.4 Å². The van der Waals surface area contributed by atoms with Crippen LogP contribution in [0.5, 0.6) is 0 Å². The van der Waals surface area contributed by atoms with Crippen LogP contribution in [0.4, 0.5) is 5.69 Å². The van der Waals surface area contributed by atoms with E-state index >= 15 is 0 Å². The summed E-state index contributed by atoms with van der Waals surface area (Å²) < 4.78 is 5.56. The molecule has 2 aromatic rings. The van der Waals surface area contributed by atoms with E-state index in [0.717, 1.165) is 39.1 Å².